The predicted octanol–water partition coefficient (Wildman–Crippen LogP) is 11.7. The van der Waals surface area contributed by atoms with Gasteiger partial charge in [-0.05, 0) is 101 Å². The Morgan fingerprint density at radius 3 is 2.02 bits per heavy atom. The summed E-state index contributed by atoms with van der Waals surface area (Å²) in [5.74, 6) is 0. The highest BCUT2D eigenvalue weighted by Crippen LogP contribution is 2.52. The molecule has 0 radical (unpaired) electrons. The van der Waals surface area contributed by atoms with Gasteiger partial charge in [0.2, 0.25) is 0 Å². The number of hydrogen-bond donors (Lipinski definition) is 0. The van der Waals surface area contributed by atoms with Crippen molar-refractivity contribution in [2.45, 2.75) is 70.6 Å². The first-order chi connectivity index (χ1) is 22.1. The molecule has 0 aliphatic heterocycles. The van der Waals surface area contributed by atoms with E-state index >= 15 is 0 Å². The quantitative estimate of drug-likeness (QED) is 0.149. The van der Waals surface area contributed by atoms with E-state index in [1.54, 1.807) is 0 Å². The third-order valence-electron chi connectivity index (χ3n) is 9.97. The van der Waals surface area contributed by atoms with Gasteiger partial charge in [0.1, 0.15) is 0 Å². The summed E-state index contributed by atoms with van der Waals surface area (Å²) in [4.78, 5) is 4.87. The molecule has 2 aliphatic carbocycles. The molecule has 1 aromatic heterocycles. The minimum Gasteiger partial charge on any atom is -0.256 e. The van der Waals surface area contributed by atoms with Gasteiger partial charge in [-0.2, -0.15) is 0 Å². The molecule has 0 amide bonds. The zero-order valence-corrected chi connectivity index (χ0v) is 26.7. The summed E-state index contributed by atoms with van der Waals surface area (Å²) in [6, 6.07) is 42.1. The Kier molecular flexibility index (Phi) is 8.35. The fourth-order valence-electron chi connectivity index (χ4n) is 7.37. The van der Waals surface area contributed by atoms with E-state index in [0.717, 1.165) is 24.1 Å². The summed E-state index contributed by atoms with van der Waals surface area (Å²) < 4.78 is 0. The standard InChI is InChI=1S/C44H43N/c1-44(2)41-29-36(35-21-13-18-33(28-35)17-8-4-3-7-14-32-15-9-5-10-16-32)22-25-39(41)40-26-23-37(30-42(40)44)43-27-24-38(31-45-43)34-19-11-6-12-20-34/h5-6,9-13,15-16,18-21,23-24,26-31H,3-4,7-8,14,17,22,25H2,1-2H3. The summed E-state index contributed by atoms with van der Waals surface area (Å²) >= 11 is 0. The van der Waals surface area contributed by atoms with Crippen molar-refractivity contribution >= 4 is 11.1 Å². The molecule has 0 bridgehead atoms. The molecule has 0 unspecified atom stereocenters. The van der Waals surface area contributed by atoms with Crippen LogP contribution in [0.4, 0.5) is 0 Å². The SMILES string of the molecule is CC1(C)C2=C(CCC(c3cccc(CCCCCCc4ccccc4)c3)=C2)c2ccc(-c3ccc(-c4ccccc4)cn3)cc21. The minimum absolute atomic E-state index is 0.0340. The maximum atomic E-state index is 4.87. The molecule has 7 rings (SSSR count). The lowest BCUT2D eigenvalue weighted by Gasteiger charge is -2.26. The van der Waals surface area contributed by atoms with Gasteiger partial charge in [0.15, 0.2) is 0 Å². The predicted molar refractivity (Wildman–Crippen MR) is 191 cm³/mol. The van der Waals surface area contributed by atoms with Crippen LogP contribution in [0.3, 0.4) is 0 Å². The van der Waals surface area contributed by atoms with E-state index in [1.165, 1.54) is 94.2 Å². The van der Waals surface area contributed by atoms with Gasteiger partial charge in [-0.3, -0.25) is 4.98 Å². The average molecular weight is 586 g/mol. The van der Waals surface area contributed by atoms with Gasteiger partial charge in [-0.25, -0.2) is 0 Å². The molecule has 5 aromatic rings. The minimum atomic E-state index is -0.0340. The number of unbranched alkanes of at least 4 members (excludes halogenated alkanes) is 3. The molecule has 0 N–H and O–H groups in total. The fraction of sp³-hybridized carbons (Fsp3) is 0.250. The second-order valence-corrected chi connectivity index (χ2v) is 13.3. The largest absolute Gasteiger partial charge is 0.256 e. The molecular formula is C44H43N. The molecular weight excluding hydrogens is 542 g/mol. The molecule has 0 saturated carbocycles. The number of allylic oxidation sites excluding steroid dienone is 4. The van der Waals surface area contributed by atoms with Crippen LogP contribution in [0, 0.1) is 0 Å². The highest BCUT2D eigenvalue weighted by atomic mass is 14.7. The lowest BCUT2D eigenvalue weighted by Crippen LogP contribution is -2.17. The van der Waals surface area contributed by atoms with Crippen LogP contribution < -0.4 is 0 Å². The van der Waals surface area contributed by atoms with Gasteiger partial charge in [-0.1, -0.05) is 136 Å². The molecule has 224 valence electrons. The van der Waals surface area contributed by atoms with Gasteiger partial charge < -0.3 is 0 Å². The monoisotopic (exact) mass is 585 g/mol. The van der Waals surface area contributed by atoms with Gasteiger partial charge in [0, 0.05) is 22.7 Å². The number of benzene rings is 4. The van der Waals surface area contributed by atoms with Crippen molar-refractivity contribution in [1.29, 1.82) is 0 Å². The molecule has 1 heteroatoms. The Bertz CT molecular complexity index is 1840. The number of aryl methyl sites for hydroxylation is 2. The molecule has 0 saturated heterocycles. The van der Waals surface area contributed by atoms with E-state index in [9.17, 15) is 0 Å². The van der Waals surface area contributed by atoms with E-state index in [1.807, 2.05) is 6.20 Å². The second kappa shape index (κ2) is 12.9. The van der Waals surface area contributed by atoms with Crippen molar-refractivity contribution in [3.05, 3.63) is 161 Å². The van der Waals surface area contributed by atoms with Crippen LogP contribution in [0.1, 0.15) is 80.2 Å². The van der Waals surface area contributed by atoms with Crippen molar-refractivity contribution in [2.24, 2.45) is 0 Å². The topological polar surface area (TPSA) is 12.9 Å². The van der Waals surface area contributed by atoms with Crippen molar-refractivity contribution in [3.8, 4) is 22.4 Å². The van der Waals surface area contributed by atoms with Crippen LogP contribution >= 0.6 is 0 Å². The maximum Gasteiger partial charge on any atom is 0.0702 e. The number of hydrogen-bond acceptors (Lipinski definition) is 1. The van der Waals surface area contributed by atoms with Crippen LogP contribution in [0.5, 0.6) is 0 Å². The molecule has 2 aliphatic rings. The van der Waals surface area contributed by atoms with Crippen LogP contribution in [-0.4, -0.2) is 4.98 Å². The summed E-state index contributed by atoms with van der Waals surface area (Å²) in [6.07, 6.45) is 14.2. The highest BCUT2D eigenvalue weighted by molar-refractivity contribution is 5.89. The lowest BCUT2D eigenvalue weighted by molar-refractivity contribution is 0.640. The van der Waals surface area contributed by atoms with Gasteiger partial charge in [0.05, 0.1) is 5.69 Å². The summed E-state index contributed by atoms with van der Waals surface area (Å²) in [6.45, 7) is 4.80. The number of aromatic nitrogens is 1. The Morgan fingerprint density at radius 2 is 1.27 bits per heavy atom. The zero-order chi connectivity index (χ0) is 30.6. The van der Waals surface area contributed by atoms with Crippen LogP contribution in [0.15, 0.2) is 133 Å². The lowest BCUT2D eigenvalue weighted by atomic mass is 9.77. The van der Waals surface area contributed by atoms with Gasteiger partial charge >= 0.3 is 0 Å². The Balaban J connectivity index is 1.03. The normalized spacial score (nSPS) is 15.0. The number of nitrogens with zero attached hydrogens (tertiary/aromatic N) is 1. The first-order valence-corrected chi connectivity index (χ1v) is 16.8. The summed E-state index contributed by atoms with van der Waals surface area (Å²) in [5.41, 5.74) is 16.2. The molecule has 0 spiro atoms. The Morgan fingerprint density at radius 1 is 0.578 bits per heavy atom. The van der Waals surface area contributed by atoms with Crippen molar-refractivity contribution in [1.82, 2.24) is 4.98 Å². The molecule has 4 aromatic carbocycles. The molecule has 0 atom stereocenters. The molecule has 0 fully saturated rings. The Hall–Kier alpha value is -4.49. The first kappa shape index (κ1) is 29.2. The van der Waals surface area contributed by atoms with Crippen molar-refractivity contribution < 1.29 is 0 Å². The number of rotatable bonds is 10. The van der Waals surface area contributed by atoms with Crippen LogP contribution in [-0.2, 0) is 18.3 Å². The van der Waals surface area contributed by atoms with E-state index in [2.05, 4.69) is 135 Å². The van der Waals surface area contributed by atoms with E-state index in [0.29, 0.717) is 0 Å². The smallest absolute Gasteiger partial charge is 0.0702 e. The molecule has 1 nitrogen and oxygen atoms in total. The van der Waals surface area contributed by atoms with Crippen LogP contribution in [0.25, 0.3) is 33.5 Å². The van der Waals surface area contributed by atoms with Crippen molar-refractivity contribution in [2.75, 3.05) is 0 Å². The zero-order valence-electron chi connectivity index (χ0n) is 26.7. The highest BCUT2D eigenvalue weighted by Gasteiger charge is 2.38. The van der Waals surface area contributed by atoms with E-state index in [4.69, 9.17) is 4.98 Å². The fourth-order valence-corrected chi connectivity index (χ4v) is 7.37. The third-order valence-corrected chi connectivity index (χ3v) is 9.97. The van der Waals surface area contributed by atoms with Gasteiger partial charge in [0.25, 0.3) is 0 Å². The maximum absolute atomic E-state index is 4.87. The van der Waals surface area contributed by atoms with E-state index in [-0.39, 0.29) is 5.41 Å². The average Bonchev–Trinajstić information content (AvgIpc) is 3.32. The number of fused-ring (bicyclic) bond motifs is 2. The molecule has 1 heterocycles. The Labute approximate surface area is 269 Å². The van der Waals surface area contributed by atoms with Crippen LogP contribution in [0.2, 0.25) is 0 Å². The second-order valence-electron chi connectivity index (χ2n) is 13.3. The summed E-state index contributed by atoms with van der Waals surface area (Å²) in [5, 5.41) is 0. The third kappa shape index (κ3) is 6.22. The number of pyridine rings is 1. The van der Waals surface area contributed by atoms with Crippen molar-refractivity contribution in [3.63, 3.8) is 0 Å². The van der Waals surface area contributed by atoms with E-state index < -0.39 is 0 Å². The first-order valence-electron chi connectivity index (χ1n) is 16.8. The van der Waals surface area contributed by atoms with Gasteiger partial charge in [-0.15, -0.1) is 0 Å². The summed E-state index contributed by atoms with van der Waals surface area (Å²) in [7, 11) is 0. The molecule has 45 heavy (non-hydrogen) atoms.